The van der Waals surface area contributed by atoms with E-state index in [1.54, 1.807) is 6.07 Å². The average Bonchev–Trinajstić information content (AvgIpc) is 3.14. The van der Waals surface area contributed by atoms with Crippen molar-refractivity contribution in [2.24, 2.45) is 0 Å². The maximum atomic E-state index is 10.9. The van der Waals surface area contributed by atoms with Gasteiger partial charge < -0.3 is 5.32 Å². The Hall–Kier alpha value is -2.22. The van der Waals surface area contributed by atoms with Gasteiger partial charge in [0.15, 0.2) is 5.52 Å². The molecule has 8 nitrogen and oxygen atoms in total. The number of nitrogens with one attached hydrogen (secondary N) is 1. The van der Waals surface area contributed by atoms with Gasteiger partial charge in [-0.3, -0.25) is 15.0 Å². The molecule has 2 aromatic rings. The van der Waals surface area contributed by atoms with Gasteiger partial charge in [0.1, 0.15) is 0 Å². The van der Waals surface area contributed by atoms with E-state index in [1.807, 2.05) is 0 Å². The lowest BCUT2D eigenvalue weighted by atomic mass is 10.2. The number of aromatic nitrogens is 2. The van der Waals surface area contributed by atoms with Crippen molar-refractivity contribution in [3.05, 3.63) is 22.2 Å². The molecule has 1 aromatic heterocycles. The van der Waals surface area contributed by atoms with Gasteiger partial charge in [-0.25, -0.2) is 4.63 Å². The highest BCUT2D eigenvalue weighted by atomic mass is 16.6. The highest BCUT2D eigenvalue weighted by Crippen LogP contribution is 2.28. The van der Waals surface area contributed by atoms with Crippen LogP contribution in [0.4, 0.5) is 11.4 Å². The third kappa shape index (κ3) is 2.66. The Labute approximate surface area is 121 Å². The van der Waals surface area contributed by atoms with Crippen LogP contribution >= 0.6 is 0 Å². The Bertz CT molecular complexity index is 650. The lowest BCUT2D eigenvalue weighted by molar-refractivity contribution is -0.383. The molecule has 0 radical (unpaired) electrons. The normalized spacial score (nSPS) is 17.2. The Morgan fingerprint density at radius 3 is 2.81 bits per heavy atom. The first-order chi connectivity index (χ1) is 10.2. The molecule has 1 aliphatic heterocycles. The zero-order chi connectivity index (χ0) is 14.8. The Morgan fingerprint density at radius 2 is 2.10 bits per heavy atom. The SMILES string of the molecule is CC(CNc1ccc([N+](=O)[O-])c2nonc12)N1CCCC1. The van der Waals surface area contributed by atoms with Gasteiger partial charge in [0.05, 0.1) is 10.6 Å². The first-order valence-corrected chi connectivity index (χ1v) is 7.04. The van der Waals surface area contributed by atoms with Crippen molar-refractivity contribution in [1.29, 1.82) is 0 Å². The number of nitro benzene ring substituents is 1. The number of fused-ring (bicyclic) bond motifs is 1. The van der Waals surface area contributed by atoms with Crippen LogP contribution in [0, 0.1) is 10.1 Å². The first-order valence-electron chi connectivity index (χ1n) is 7.04. The van der Waals surface area contributed by atoms with E-state index in [0.29, 0.717) is 17.2 Å². The van der Waals surface area contributed by atoms with Gasteiger partial charge in [-0.1, -0.05) is 0 Å². The molecule has 1 unspecified atom stereocenters. The van der Waals surface area contributed by atoms with Crippen molar-refractivity contribution >= 4 is 22.4 Å². The molecule has 1 aromatic carbocycles. The second kappa shape index (κ2) is 5.65. The van der Waals surface area contributed by atoms with Crippen LogP contribution in [0.1, 0.15) is 19.8 Å². The molecule has 0 bridgehead atoms. The Balaban J connectivity index is 1.76. The third-order valence-corrected chi connectivity index (χ3v) is 3.94. The number of non-ortho nitro benzene ring substituents is 1. The van der Waals surface area contributed by atoms with Gasteiger partial charge in [-0.05, 0) is 49.2 Å². The molecular weight excluding hydrogens is 274 g/mol. The molecule has 0 aliphatic carbocycles. The Kier molecular flexibility index (Phi) is 3.70. The van der Waals surface area contributed by atoms with E-state index < -0.39 is 4.92 Å². The summed E-state index contributed by atoms with van der Waals surface area (Å²) in [5, 5.41) is 21.6. The van der Waals surface area contributed by atoms with E-state index in [4.69, 9.17) is 0 Å². The quantitative estimate of drug-likeness (QED) is 0.664. The minimum Gasteiger partial charge on any atom is -0.382 e. The predicted octanol–water partition coefficient (Wildman–Crippen LogP) is 2.03. The summed E-state index contributed by atoms with van der Waals surface area (Å²) in [6, 6.07) is 3.48. The van der Waals surface area contributed by atoms with Crippen LogP contribution in [0.5, 0.6) is 0 Å². The average molecular weight is 291 g/mol. The number of rotatable bonds is 5. The highest BCUT2D eigenvalue weighted by molar-refractivity contribution is 5.93. The number of hydrogen-bond donors (Lipinski definition) is 1. The number of anilines is 1. The number of nitro groups is 1. The zero-order valence-electron chi connectivity index (χ0n) is 11.8. The number of hydrogen-bond acceptors (Lipinski definition) is 7. The summed E-state index contributed by atoms with van der Waals surface area (Å²) in [4.78, 5) is 12.9. The Morgan fingerprint density at radius 1 is 1.38 bits per heavy atom. The van der Waals surface area contributed by atoms with Gasteiger partial charge in [-0.2, -0.15) is 0 Å². The zero-order valence-corrected chi connectivity index (χ0v) is 11.8. The minimum absolute atomic E-state index is 0.0932. The maximum absolute atomic E-state index is 10.9. The van der Waals surface area contributed by atoms with Crippen LogP contribution in [0.3, 0.4) is 0 Å². The summed E-state index contributed by atoms with van der Waals surface area (Å²) in [7, 11) is 0. The second-order valence-electron chi connectivity index (χ2n) is 5.32. The second-order valence-corrected chi connectivity index (χ2v) is 5.32. The summed E-state index contributed by atoms with van der Waals surface area (Å²) in [6.07, 6.45) is 2.50. The fraction of sp³-hybridized carbons (Fsp3) is 0.538. The van der Waals surface area contributed by atoms with Gasteiger partial charge in [0.2, 0.25) is 5.52 Å². The van der Waals surface area contributed by atoms with E-state index in [1.165, 1.54) is 18.9 Å². The van der Waals surface area contributed by atoms with Crippen molar-refractivity contribution in [1.82, 2.24) is 15.2 Å². The van der Waals surface area contributed by atoms with Gasteiger partial charge in [0.25, 0.3) is 0 Å². The van der Waals surface area contributed by atoms with Crippen molar-refractivity contribution in [2.45, 2.75) is 25.8 Å². The van der Waals surface area contributed by atoms with E-state index >= 15 is 0 Å². The van der Waals surface area contributed by atoms with Gasteiger partial charge >= 0.3 is 5.69 Å². The predicted molar refractivity (Wildman–Crippen MR) is 77.2 cm³/mol. The number of benzene rings is 1. The van der Waals surface area contributed by atoms with Gasteiger partial charge in [0, 0.05) is 18.7 Å². The minimum atomic E-state index is -0.483. The smallest absolute Gasteiger partial charge is 0.300 e. The number of nitrogens with zero attached hydrogens (tertiary/aromatic N) is 4. The molecule has 1 N–H and O–H groups in total. The van der Waals surface area contributed by atoms with Crippen molar-refractivity contribution in [3.8, 4) is 0 Å². The van der Waals surface area contributed by atoms with Crippen LogP contribution in [-0.2, 0) is 0 Å². The standard InChI is InChI=1S/C13H17N5O3/c1-9(17-6-2-3-7-17)8-14-10-4-5-11(18(19)20)13-12(10)15-21-16-13/h4-5,9,14H,2-3,6-8H2,1H3. The van der Waals surface area contributed by atoms with Gasteiger partial charge in [-0.15, -0.1) is 0 Å². The fourth-order valence-corrected chi connectivity index (χ4v) is 2.71. The summed E-state index contributed by atoms with van der Waals surface area (Å²) in [5.74, 6) is 0. The summed E-state index contributed by atoms with van der Waals surface area (Å²) in [6.45, 7) is 5.18. The molecule has 0 saturated carbocycles. The molecule has 0 amide bonds. The first kappa shape index (κ1) is 13.7. The fourth-order valence-electron chi connectivity index (χ4n) is 2.71. The van der Waals surface area contributed by atoms with E-state index in [2.05, 4.69) is 32.1 Å². The summed E-state index contributed by atoms with van der Waals surface area (Å²) in [5.41, 5.74) is 1.20. The lowest BCUT2D eigenvalue weighted by Gasteiger charge is -2.24. The van der Waals surface area contributed by atoms with E-state index in [0.717, 1.165) is 19.6 Å². The van der Waals surface area contributed by atoms with Crippen LogP contribution in [-0.4, -0.2) is 45.8 Å². The van der Waals surface area contributed by atoms with E-state index in [-0.39, 0.29) is 11.2 Å². The number of likely N-dealkylation sites (tertiary alicyclic amines) is 1. The molecule has 2 heterocycles. The highest BCUT2D eigenvalue weighted by Gasteiger charge is 2.21. The molecule has 3 rings (SSSR count). The summed E-state index contributed by atoms with van der Waals surface area (Å²) >= 11 is 0. The molecular formula is C13H17N5O3. The molecule has 1 atom stereocenters. The molecule has 112 valence electrons. The topological polar surface area (TPSA) is 97.3 Å². The lowest BCUT2D eigenvalue weighted by Crippen LogP contribution is -2.35. The van der Waals surface area contributed by atoms with Crippen molar-refractivity contribution in [2.75, 3.05) is 25.0 Å². The molecule has 8 heteroatoms. The molecule has 1 fully saturated rings. The van der Waals surface area contributed by atoms with Crippen molar-refractivity contribution < 1.29 is 9.55 Å². The molecule has 21 heavy (non-hydrogen) atoms. The summed E-state index contributed by atoms with van der Waals surface area (Å²) < 4.78 is 4.65. The van der Waals surface area contributed by atoms with Crippen LogP contribution in [0.25, 0.3) is 11.0 Å². The van der Waals surface area contributed by atoms with E-state index in [9.17, 15) is 10.1 Å². The van der Waals surface area contributed by atoms with Crippen LogP contribution in [0.15, 0.2) is 16.8 Å². The maximum Gasteiger partial charge on any atom is 0.300 e. The molecule has 0 spiro atoms. The van der Waals surface area contributed by atoms with Crippen LogP contribution < -0.4 is 5.32 Å². The van der Waals surface area contributed by atoms with Crippen LogP contribution in [0.2, 0.25) is 0 Å². The molecule has 1 aliphatic rings. The third-order valence-electron chi connectivity index (χ3n) is 3.94. The largest absolute Gasteiger partial charge is 0.382 e. The monoisotopic (exact) mass is 291 g/mol. The molecule has 1 saturated heterocycles. The van der Waals surface area contributed by atoms with Crippen molar-refractivity contribution in [3.63, 3.8) is 0 Å².